The zero-order valence-electron chi connectivity index (χ0n) is 14.8. The molecule has 0 saturated heterocycles. The summed E-state index contributed by atoms with van der Waals surface area (Å²) in [7, 11) is 0. The van der Waals surface area contributed by atoms with Crippen molar-refractivity contribution < 1.29 is 0 Å². The van der Waals surface area contributed by atoms with Crippen molar-refractivity contribution >= 4 is 23.3 Å². The summed E-state index contributed by atoms with van der Waals surface area (Å²) in [5.74, 6) is 2.46. The van der Waals surface area contributed by atoms with Crippen LogP contribution in [0.25, 0.3) is 11.4 Å². The Kier molecular flexibility index (Phi) is 4.89. The average molecular weight is 368 g/mol. The van der Waals surface area contributed by atoms with Crippen molar-refractivity contribution in [1.29, 1.82) is 0 Å². The summed E-state index contributed by atoms with van der Waals surface area (Å²) >= 11 is 6.02. The number of anilines is 1. The summed E-state index contributed by atoms with van der Waals surface area (Å²) in [6, 6.07) is 7.68. The normalized spacial score (nSPS) is 16.7. The standard InChI is InChI=1S/C20H22ClN5/c1-13-12-18(23-11-10-22-13)25-20-16-4-2-3-5-17(16)24-19(26-20)14-6-8-15(21)9-7-14/h6-9,12,22H,2-5,10-11H2,1H3,(H,23,24,25,26). The number of hydrogen-bond acceptors (Lipinski definition) is 5. The van der Waals surface area contributed by atoms with Gasteiger partial charge in [0.05, 0.1) is 6.54 Å². The molecule has 26 heavy (non-hydrogen) atoms. The maximum atomic E-state index is 6.02. The molecule has 0 spiro atoms. The zero-order valence-corrected chi connectivity index (χ0v) is 15.6. The van der Waals surface area contributed by atoms with Crippen LogP contribution in [-0.2, 0) is 12.8 Å². The predicted molar refractivity (Wildman–Crippen MR) is 107 cm³/mol. The van der Waals surface area contributed by atoms with Crippen molar-refractivity contribution in [3.63, 3.8) is 0 Å². The number of nitrogens with zero attached hydrogens (tertiary/aromatic N) is 3. The van der Waals surface area contributed by atoms with Gasteiger partial charge in [-0.3, -0.25) is 4.99 Å². The number of rotatable bonds is 2. The fourth-order valence-electron chi connectivity index (χ4n) is 3.35. The van der Waals surface area contributed by atoms with E-state index in [0.717, 1.165) is 60.4 Å². The third-order valence-electron chi connectivity index (χ3n) is 4.68. The van der Waals surface area contributed by atoms with E-state index < -0.39 is 0 Å². The molecule has 2 heterocycles. The first-order chi connectivity index (χ1) is 12.7. The maximum absolute atomic E-state index is 6.02. The summed E-state index contributed by atoms with van der Waals surface area (Å²) in [5.41, 5.74) is 4.45. The second-order valence-electron chi connectivity index (χ2n) is 6.68. The summed E-state index contributed by atoms with van der Waals surface area (Å²) in [5, 5.41) is 7.50. The van der Waals surface area contributed by atoms with Crippen LogP contribution in [0.5, 0.6) is 0 Å². The minimum Gasteiger partial charge on any atom is -0.387 e. The lowest BCUT2D eigenvalue weighted by atomic mass is 9.96. The summed E-state index contributed by atoms with van der Waals surface area (Å²) in [6.45, 7) is 3.65. The number of nitrogens with one attached hydrogen (secondary N) is 2. The van der Waals surface area contributed by atoms with Gasteiger partial charge in [-0.25, -0.2) is 9.97 Å². The van der Waals surface area contributed by atoms with Crippen LogP contribution < -0.4 is 10.6 Å². The Morgan fingerprint density at radius 1 is 1.08 bits per heavy atom. The summed E-state index contributed by atoms with van der Waals surface area (Å²) in [4.78, 5) is 14.3. The zero-order chi connectivity index (χ0) is 17.9. The Hall–Kier alpha value is -2.40. The number of allylic oxidation sites excluding steroid dienone is 1. The Balaban J connectivity index is 1.74. The third kappa shape index (κ3) is 3.73. The van der Waals surface area contributed by atoms with Crippen molar-refractivity contribution in [3.05, 3.63) is 52.3 Å². The first kappa shape index (κ1) is 17.0. The fraction of sp³-hybridized carbons (Fsp3) is 0.350. The monoisotopic (exact) mass is 367 g/mol. The van der Waals surface area contributed by atoms with Gasteiger partial charge in [-0.2, -0.15) is 0 Å². The molecule has 0 unspecified atom stereocenters. The van der Waals surface area contributed by atoms with Gasteiger partial charge in [-0.05, 0) is 62.9 Å². The lowest BCUT2D eigenvalue weighted by molar-refractivity contribution is 0.665. The molecule has 134 valence electrons. The highest BCUT2D eigenvalue weighted by Gasteiger charge is 2.19. The van der Waals surface area contributed by atoms with E-state index in [1.54, 1.807) is 0 Å². The smallest absolute Gasteiger partial charge is 0.161 e. The lowest BCUT2D eigenvalue weighted by Crippen LogP contribution is -2.17. The van der Waals surface area contributed by atoms with Crippen molar-refractivity contribution in [2.24, 2.45) is 4.99 Å². The van der Waals surface area contributed by atoms with Crippen molar-refractivity contribution in [2.75, 3.05) is 18.4 Å². The van der Waals surface area contributed by atoms with Crippen LogP contribution in [0.15, 0.2) is 41.0 Å². The molecule has 1 aromatic heterocycles. The molecule has 0 fully saturated rings. The average Bonchev–Trinajstić information content (AvgIpc) is 2.86. The van der Waals surface area contributed by atoms with Gasteiger partial charge in [-0.1, -0.05) is 11.6 Å². The quantitative estimate of drug-likeness (QED) is 0.842. The fourth-order valence-corrected chi connectivity index (χ4v) is 3.48. The number of aliphatic imine (C=N–C) groups is 1. The van der Waals surface area contributed by atoms with Crippen LogP contribution in [0.2, 0.25) is 5.02 Å². The van der Waals surface area contributed by atoms with Crippen LogP contribution in [0.3, 0.4) is 0 Å². The Morgan fingerprint density at radius 3 is 2.73 bits per heavy atom. The van der Waals surface area contributed by atoms with Crippen molar-refractivity contribution in [2.45, 2.75) is 32.6 Å². The highest BCUT2D eigenvalue weighted by atomic mass is 35.5. The first-order valence-corrected chi connectivity index (χ1v) is 9.46. The number of halogens is 1. The molecule has 1 aromatic carbocycles. The molecule has 0 radical (unpaired) electrons. The highest BCUT2D eigenvalue weighted by Crippen LogP contribution is 2.29. The molecular formula is C20H22ClN5. The largest absolute Gasteiger partial charge is 0.387 e. The van der Waals surface area contributed by atoms with Gasteiger partial charge in [0.2, 0.25) is 0 Å². The van der Waals surface area contributed by atoms with E-state index >= 15 is 0 Å². The van der Waals surface area contributed by atoms with Gasteiger partial charge in [-0.15, -0.1) is 0 Å². The number of fused-ring (bicyclic) bond motifs is 1. The minimum atomic E-state index is 0.714. The summed E-state index contributed by atoms with van der Waals surface area (Å²) in [6.07, 6.45) is 6.39. The van der Waals surface area contributed by atoms with E-state index in [1.165, 1.54) is 18.4 Å². The third-order valence-corrected chi connectivity index (χ3v) is 4.93. The number of hydrogen-bond donors (Lipinski definition) is 2. The number of aryl methyl sites for hydroxylation is 1. The second kappa shape index (κ2) is 7.46. The highest BCUT2D eigenvalue weighted by molar-refractivity contribution is 6.30. The number of amidine groups is 1. The molecule has 0 bridgehead atoms. The molecule has 5 nitrogen and oxygen atoms in total. The van der Waals surface area contributed by atoms with Gasteiger partial charge in [0, 0.05) is 34.1 Å². The first-order valence-electron chi connectivity index (χ1n) is 9.08. The minimum absolute atomic E-state index is 0.714. The molecule has 0 atom stereocenters. The van der Waals surface area contributed by atoms with Crippen LogP contribution in [0.1, 0.15) is 31.0 Å². The Labute approximate surface area is 158 Å². The maximum Gasteiger partial charge on any atom is 0.161 e. The molecular weight excluding hydrogens is 346 g/mol. The van der Waals surface area contributed by atoms with Crippen LogP contribution in [0.4, 0.5) is 5.82 Å². The van der Waals surface area contributed by atoms with Crippen LogP contribution in [0, 0.1) is 0 Å². The molecule has 2 N–H and O–H groups in total. The van der Waals surface area contributed by atoms with E-state index in [0.29, 0.717) is 5.02 Å². The van der Waals surface area contributed by atoms with E-state index in [-0.39, 0.29) is 0 Å². The molecule has 1 aliphatic carbocycles. The lowest BCUT2D eigenvalue weighted by Gasteiger charge is -2.20. The molecule has 1 aliphatic heterocycles. The second-order valence-corrected chi connectivity index (χ2v) is 7.12. The van der Waals surface area contributed by atoms with E-state index in [4.69, 9.17) is 21.6 Å². The van der Waals surface area contributed by atoms with E-state index in [9.17, 15) is 0 Å². The van der Waals surface area contributed by atoms with Gasteiger partial charge < -0.3 is 10.6 Å². The molecule has 0 saturated carbocycles. The Morgan fingerprint density at radius 2 is 1.88 bits per heavy atom. The topological polar surface area (TPSA) is 62.2 Å². The predicted octanol–water partition coefficient (Wildman–Crippen LogP) is 3.99. The van der Waals surface area contributed by atoms with Gasteiger partial charge in [0.25, 0.3) is 0 Å². The molecule has 4 rings (SSSR count). The Bertz CT molecular complexity index is 871. The van der Waals surface area contributed by atoms with E-state index in [2.05, 4.69) is 22.5 Å². The van der Waals surface area contributed by atoms with E-state index in [1.807, 2.05) is 30.3 Å². The van der Waals surface area contributed by atoms with Gasteiger partial charge in [0.15, 0.2) is 5.82 Å². The molecule has 2 aromatic rings. The van der Waals surface area contributed by atoms with Gasteiger partial charge in [0.1, 0.15) is 11.7 Å². The molecule has 0 amide bonds. The molecule has 6 heteroatoms. The SMILES string of the molecule is CC1=CC(Nc2nc(-c3ccc(Cl)cc3)nc3c2CCCC3)=NCCN1. The van der Waals surface area contributed by atoms with Crippen LogP contribution in [-0.4, -0.2) is 28.9 Å². The van der Waals surface area contributed by atoms with Gasteiger partial charge >= 0.3 is 0 Å². The summed E-state index contributed by atoms with van der Waals surface area (Å²) < 4.78 is 0. The van der Waals surface area contributed by atoms with Crippen LogP contribution >= 0.6 is 11.6 Å². The van der Waals surface area contributed by atoms with Crippen molar-refractivity contribution in [1.82, 2.24) is 15.3 Å². The number of aromatic nitrogens is 2. The van der Waals surface area contributed by atoms with Crippen molar-refractivity contribution in [3.8, 4) is 11.4 Å². The number of benzene rings is 1. The molecule has 2 aliphatic rings.